The fraction of sp³-hybridized carbons (Fsp3) is 1.00. The average molecular weight is 303 g/mol. The third-order valence-corrected chi connectivity index (χ3v) is 3.97. The zero-order chi connectivity index (χ0) is 16.0. The Kier molecular flexibility index (Phi) is 13.4. The smallest absolute Gasteiger partial charge is 0.221 e. The third-order valence-electron chi connectivity index (χ3n) is 3.97. The van der Waals surface area contributed by atoms with Gasteiger partial charge in [0.25, 0.3) is 0 Å². The Balaban J connectivity index is 3.49. The van der Waals surface area contributed by atoms with Gasteiger partial charge in [-0.1, -0.05) is 64.7 Å². The number of aliphatic hydroxyl groups is 3. The van der Waals surface area contributed by atoms with Crippen molar-refractivity contribution in [1.82, 2.24) is 4.90 Å². The van der Waals surface area contributed by atoms with Crippen LogP contribution in [0.1, 0.15) is 84.5 Å². The van der Waals surface area contributed by atoms with E-state index in [0.29, 0.717) is 19.5 Å². The molecule has 4 heteroatoms. The van der Waals surface area contributed by atoms with E-state index in [1.165, 1.54) is 58.3 Å². The second kappa shape index (κ2) is 13.5. The van der Waals surface area contributed by atoms with Crippen LogP contribution in [0.25, 0.3) is 0 Å². The van der Waals surface area contributed by atoms with Gasteiger partial charge in [-0.3, -0.25) is 4.90 Å². The Bertz CT molecular complexity index is 217. The van der Waals surface area contributed by atoms with Crippen LogP contribution in [0.2, 0.25) is 0 Å². The summed E-state index contributed by atoms with van der Waals surface area (Å²) in [4.78, 5) is 1.63. The standard InChI is InChI=1S/C17H37NO3/c1-3-4-5-6-7-8-9-10-11-12-14-18(15-13-16-19)17(2,20)21/h19-21H,3-16H2,1-2H3. The molecule has 0 aromatic rings. The van der Waals surface area contributed by atoms with Gasteiger partial charge in [-0.25, -0.2) is 0 Å². The van der Waals surface area contributed by atoms with Gasteiger partial charge in [0, 0.05) is 26.6 Å². The molecule has 0 rings (SSSR count). The Labute approximate surface area is 131 Å². The van der Waals surface area contributed by atoms with Crippen LogP contribution in [-0.2, 0) is 0 Å². The van der Waals surface area contributed by atoms with Gasteiger partial charge in [0.1, 0.15) is 0 Å². The van der Waals surface area contributed by atoms with Crippen molar-refractivity contribution in [3.05, 3.63) is 0 Å². The maximum atomic E-state index is 9.65. The fourth-order valence-corrected chi connectivity index (χ4v) is 2.59. The topological polar surface area (TPSA) is 63.9 Å². The van der Waals surface area contributed by atoms with Gasteiger partial charge >= 0.3 is 0 Å². The molecular formula is C17H37NO3. The largest absolute Gasteiger partial charge is 0.396 e. The summed E-state index contributed by atoms with van der Waals surface area (Å²) >= 11 is 0. The first-order chi connectivity index (χ1) is 10.0. The summed E-state index contributed by atoms with van der Waals surface area (Å²) in [7, 11) is 0. The molecule has 0 amide bonds. The normalized spacial score (nSPS) is 12.3. The Hall–Kier alpha value is -0.160. The quantitative estimate of drug-likeness (QED) is 0.321. The SMILES string of the molecule is CCCCCCCCCCCCN(CCCO)C(C)(O)O. The molecule has 0 bridgehead atoms. The van der Waals surface area contributed by atoms with E-state index in [-0.39, 0.29) is 6.61 Å². The van der Waals surface area contributed by atoms with Crippen LogP contribution >= 0.6 is 0 Å². The Morgan fingerprint density at radius 3 is 1.57 bits per heavy atom. The van der Waals surface area contributed by atoms with Crippen LogP contribution in [0, 0.1) is 0 Å². The summed E-state index contributed by atoms with van der Waals surface area (Å²) in [5.41, 5.74) is 0. The number of nitrogens with zero attached hydrogens (tertiary/aromatic N) is 1. The summed E-state index contributed by atoms with van der Waals surface area (Å²) in [5, 5.41) is 28.1. The van der Waals surface area contributed by atoms with Crippen molar-refractivity contribution in [2.45, 2.75) is 90.4 Å². The van der Waals surface area contributed by atoms with Gasteiger partial charge in [-0.2, -0.15) is 0 Å². The molecule has 3 N–H and O–H groups in total. The maximum Gasteiger partial charge on any atom is 0.221 e. The molecule has 0 unspecified atom stereocenters. The number of rotatable bonds is 15. The van der Waals surface area contributed by atoms with Crippen molar-refractivity contribution >= 4 is 0 Å². The van der Waals surface area contributed by atoms with Gasteiger partial charge in [0.05, 0.1) is 0 Å². The summed E-state index contributed by atoms with van der Waals surface area (Å²) < 4.78 is 0. The molecule has 0 saturated heterocycles. The van der Waals surface area contributed by atoms with E-state index in [1.807, 2.05) is 0 Å². The molecule has 0 heterocycles. The summed E-state index contributed by atoms with van der Waals surface area (Å²) in [6.45, 7) is 4.93. The zero-order valence-corrected chi connectivity index (χ0v) is 14.2. The first-order valence-corrected chi connectivity index (χ1v) is 8.83. The van der Waals surface area contributed by atoms with Gasteiger partial charge in [-0.05, 0) is 12.8 Å². The van der Waals surface area contributed by atoms with Crippen LogP contribution in [0.15, 0.2) is 0 Å². The summed E-state index contributed by atoms with van der Waals surface area (Å²) in [6.07, 6.45) is 13.3. The fourth-order valence-electron chi connectivity index (χ4n) is 2.59. The van der Waals surface area contributed by atoms with Gasteiger partial charge in [0.15, 0.2) is 0 Å². The first-order valence-electron chi connectivity index (χ1n) is 8.83. The lowest BCUT2D eigenvalue weighted by Gasteiger charge is -2.32. The zero-order valence-electron chi connectivity index (χ0n) is 14.2. The van der Waals surface area contributed by atoms with E-state index in [0.717, 1.165) is 12.8 Å². The second-order valence-corrected chi connectivity index (χ2v) is 6.22. The molecule has 0 aromatic heterocycles. The molecule has 0 aliphatic carbocycles. The van der Waals surface area contributed by atoms with Crippen molar-refractivity contribution < 1.29 is 15.3 Å². The molecule has 128 valence electrons. The number of unbranched alkanes of at least 4 members (excludes halogenated alkanes) is 9. The minimum Gasteiger partial charge on any atom is -0.396 e. The predicted octanol–water partition coefficient (Wildman–Crippen LogP) is 3.25. The molecule has 21 heavy (non-hydrogen) atoms. The van der Waals surface area contributed by atoms with Crippen molar-refractivity contribution in [2.24, 2.45) is 0 Å². The van der Waals surface area contributed by atoms with Crippen LogP contribution in [0.4, 0.5) is 0 Å². The minimum absolute atomic E-state index is 0.0879. The highest BCUT2D eigenvalue weighted by Crippen LogP contribution is 2.13. The molecule has 0 aliphatic rings. The lowest BCUT2D eigenvalue weighted by Crippen LogP contribution is -2.47. The number of aliphatic hydroxyl groups excluding tert-OH is 1. The molecule has 0 aromatic carbocycles. The molecule has 4 nitrogen and oxygen atoms in total. The molecule has 0 spiro atoms. The van der Waals surface area contributed by atoms with Crippen molar-refractivity contribution in [3.63, 3.8) is 0 Å². The highest BCUT2D eigenvalue weighted by molar-refractivity contribution is 4.64. The van der Waals surface area contributed by atoms with E-state index in [9.17, 15) is 10.2 Å². The Morgan fingerprint density at radius 1 is 0.714 bits per heavy atom. The number of hydrogen-bond donors (Lipinski definition) is 3. The molecule has 0 fully saturated rings. The van der Waals surface area contributed by atoms with E-state index < -0.39 is 5.91 Å². The van der Waals surface area contributed by atoms with Crippen molar-refractivity contribution in [2.75, 3.05) is 19.7 Å². The van der Waals surface area contributed by atoms with Crippen LogP contribution < -0.4 is 0 Å². The number of hydrogen-bond acceptors (Lipinski definition) is 4. The van der Waals surface area contributed by atoms with Crippen LogP contribution in [-0.4, -0.2) is 45.8 Å². The van der Waals surface area contributed by atoms with Gasteiger partial charge < -0.3 is 15.3 Å². The maximum absolute atomic E-state index is 9.65. The monoisotopic (exact) mass is 303 g/mol. The molecule has 0 atom stereocenters. The average Bonchev–Trinajstić information content (AvgIpc) is 2.42. The van der Waals surface area contributed by atoms with E-state index in [2.05, 4.69) is 6.92 Å². The second-order valence-electron chi connectivity index (χ2n) is 6.22. The first kappa shape index (κ1) is 20.8. The molecule has 0 radical (unpaired) electrons. The molecule has 0 saturated carbocycles. The van der Waals surface area contributed by atoms with Gasteiger partial charge in [-0.15, -0.1) is 0 Å². The van der Waals surface area contributed by atoms with Crippen molar-refractivity contribution in [1.29, 1.82) is 0 Å². The van der Waals surface area contributed by atoms with Crippen molar-refractivity contribution in [3.8, 4) is 0 Å². The van der Waals surface area contributed by atoms with Crippen LogP contribution in [0.3, 0.4) is 0 Å². The third kappa shape index (κ3) is 13.2. The molecular weight excluding hydrogens is 266 g/mol. The van der Waals surface area contributed by atoms with Gasteiger partial charge in [0.2, 0.25) is 5.91 Å². The predicted molar refractivity (Wildman–Crippen MR) is 88.0 cm³/mol. The van der Waals surface area contributed by atoms with Crippen LogP contribution in [0.5, 0.6) is 0 Å². The van der Waals surface area contributed by atoms with E-state index >= 15 is 0 Å². The summed E-state index contributed by atoms with van der Waals surface area (Å²) in [6, 6.07) is 0. The molecule has 0 aliphatic heterocycles. The van der Waals surface area contributed by atoms with E-state index in [1.54, 1.807) is 4.90 Å². The minimum atomic E-state index is -1.77. The highest BCUT2D eigenvalue weighted by Gasteiger charge is 2.24. The lowest BCUT2D eigenvalue weighted by molar-refractivity contribution is -0.251. The highest BCUT2D eigenvalue weighted by atomic mass is 16.5. The Morgan fingerprint density at radius 2 is 1.14 bits per heavy atom. The lowest BCUT2D eigenvalue weighted by atomic mass is 10.1. The van der Waals surface area contributed by atoms with E-state index in [4.69, 9.17) is 5.11 Å². The summed E-state index contributed by atoms with van der Waals surface area (Å²) in [5.74, 6) is -1.77.